The smallest absolute Gasteiger partial charge is 0.164 e. The lowest BCUT2D eigenvalue weighted by Gasteiger charge is -2.27. The van der Waals surface area contributed by atoms with Gasteiger partial charge in [0.1, 0.15) is 11.2 Å². The fraction of sp³-hybridized carbons (Fsp3) is 0. The van der Waals surface area contributed by atoms with Crippen molar-refractivity contribution in [2.45, 2.75) is 0 Å². The minimum absolute atomic E-state index is 0.607. The maximum Gasteiger partial charge on any atom is 0.164 e. The molecule has 0 aliphatic carbocycles. The molecule has 48 heavy (non-hydrogen) atoms. The largest absolute Gasteiger partial charge is 0.455 e. The maximum atomic E-state index is 6.62. The number of rotatable bonds is 6. The second kappa shape index (κ2) is 11.6. The third-order valence-corrected chi connectivity index (χ3v) is 8.68. The fourth-order valence-corrected chi connectivity index (χ4v) is 6.42. The number of fused-ring (bicyclic) bond motifs is 5. The summed E-state index contributed by atoms with van der Waals surface area (Å²) in [5.74, 6) is 1.87. The number of hydrogen-bond donors (Lipinski definition) is 0. The highest BCUT2D eigenvalue weighted by molar-refractivity contribution is 6.20. The topological polar surface area (TPSA) is 55.1 Å². The summed E-state index contributed by atoms with van der Waals surface area (Å²) >= 11 is 0. The number of anilines is 3. The molecule has 5 nitrogen and oxygen atoms in total. The van der Waals surface area contributed by atoms with Crippen molar-refractivity contribution >= 4 is 49.8 Å². The first-order chi connectivity index (χ1) is 23.8. The number of aromatic nitrogens is 3. The highest BCUT2D eigenvalue weighted by Gasteiger charge is 2.21. The predicted molar refractivity (Wildman–Crippen MR) is 196 cm³/mol. The van der Waals surface area contributed by atoms with E-state index in [-0.39, 0.29) is 0 Å². The highest BCUT2D eigenvalue weighted by atomic mass is 16.3. The van der Waals surface area contributed by atoms with Gasteiger partial charge in [-0.25, -0.2) is 15.0 Å². The second-order valence-corrected chi connectivity index (χ2v) is 11.7. The molecule has 0 aliphatic rings. The van der Waals surface area contributed by atoms with Gasteiger partial charge in [-0.05, 0) is 48.5 Å². The Morgan fingerprint density at radius 1 is 0.375 bits per heavy atom. The number of para-hydroxylation sites is 2. The Morgan fingerprint density at radius 2 is 0.854 bits per heavy atom. The van der Waals surface area contributed by atoms with Crippen LogP contribution in [0.25, 0.3) is 66.9 Å². The molecule has 0 saturated heterocycles. The molecule has 9 aromatic rings. The SMILES string of the molecule is c1ccc(-c2nc(-c3ccccc3)nc(-c3ccc4oc5c6ccccc6c(N(c6ccccc6)c6ccccc6)cc5c4c3)n2)cc1. The van der Waals surface area contributed by atoms with E-state index in [1.54, 1.807) is 0 Å². The average Bonchev–Trinajstić information content (AvgIpc) is 3.54. The van der Waals surface area contributed by atoms with Crippen molar-refractivity contribution in [3.05, 3.63) is 170 Å². The lowest BCUT2D eigenvalue weighted by Crippen LogP contribution is -2.10. The third-order valence-electron chi connectivity index (χ3n) is 8.68. The Hall–Kier alpha value is -6.59. The summed E-state index contributed by atoms with van der Waals surface area (Å²) in [5, 5.41) is 4.18. The second-order valence-electron chi connectivity index (χ2n) is 11.7. The van der Waals surface area contributed by atoms with Crippen LogP contribution < -0.4 is 4.90 Å². The monoisotopic (exact) mass is 616 g/mol. The molecule has 5 heteroatoms. The van der Waals surface area contributed by atoms with Crippen molar-refractivity contribution in [1.29, 1.82) is 0 Å². The summed E-state index contributed by atoms with van der Waals surface area (Å²) in [6.07, 6.45) is 0. The fourth-order valence-electron chi connectivity index (χ4n) is 6.42. The summed E-state index contributed by atoms with van der Waals surface area (Å²) < 4.78 is 6.62. The van der Waals surface area contributed by atoms with Gasteiger partial charge in [0.25, 0.3) is 0 Å². The van der Waals surface area contributed by atoms with Gasteiger partial charge in [-0.3, -0.25) is 0 Å². The molecule has 0 atom stereocenters. The van der Waals surface area contributed by atoms with E-state index in [2.05, 4.69) is 89.8 Å². The number of nitrogens with zero attached hydrogens (tertiary/aromatic N) is 4. The molecule has 0 N–H and O–H groups in total. The van der Waals surface area contributed by atoms with E-state index in [4.69, 9.17) is 19.4 Å². The molecular weight excluding hydrogens is 589 g/mol. The molecule has 0 unspecified atom stereocenters. The molecule has 2 aromatic heterocycles. The van der Waals surface area contributed by atoms with Crippen molar-refractivity contribution in [1.82, 2.24) is 15.0 Å². The van der Waals surface area contributed by atoms with Gasteiger partial charge in [0.05, 0.1) is 5.69 Å². The molecule has 2 heterocycles. The zero-order valence-corrected chi connectivity index (χ0v) is 25.9. The van der Waals surface area contributed by atoms with Gasteiger partial charge >= 0.3 is 0 Å². The van der Waals surface area contributed by atoms with Gasteiger partial charge < -0.3 is 9.32 Å². The van der Waals surface area contributed by atoms with E-state index >= 15 is 0 Å². The summed E-state index contributed by atoms with van der Waals surface area (Å²) in [4.78, 5) is 17.2. The van der Waals surface area contributed by atoms with E-state index in [0.717, 1.165) is 66.5 Å². The van der Waals surface area contributed by atoms with Crippen molar-refractivity contribution in [3.8, 4) is 34.2 Å². The third kappa shape index (κ3) is 4.86. The Kier molecular flexibility index (Phi) is 6.72. The standard InChI is InChI=1S/C43H28N4O/c1-5-15-29(16-6-1)41-44-42(30-17-7-2-8-18-30)46-43(45-41)31-25-26-39-36(27-31)37-28-38(34-23-13-14-24-35(34)40(37)48-39)47(32-19-9-3-10-20-32)33-21-11-4-12-22-33/h1-28H. The van der Waals surface area contributed by atoms with Gasteiger partial charge in [-0.15, -0.1) is 0 Å². The van der Waals surface area contributed by atoms with Crippen LogP contribution in [0.4, 0.5) is 17.1 Å². The Labute approximate surface area is 277 Å². The number of furan rings is 1. The van der Waals surface area contributed by atoms with Crippen molar-refractivity contribution < 1.29 is 4.42 Å². The molecule has 0 spiro atoms. The van der Waals surface area contributed by atoms with E-state index in [9.17, 15) is 0 Å². The first kappa shape index (κ1) is 27.7. The van der Waals surface area contributed by atoms with Crippen LogP contribution in [0.5, 0.6) is 0 Å². The lowest BCUT2D eigenvalue weighted by atomic mass is 10.0. The molecule has 0 aliphatic heterocycles. The Balaban J connectivity index is 1.28. The van der Waals surface area contributed by atoms with Gasteiger partial charge in [0.15, 0.2) is 17.5 Å². The summed E-state index contributed by atoms with van der Waals surface area (Å²) in [6, 6.07) is 58.0. The van der Waals surface area contributed by atoms with E-state index < -0.39 is 0 Å². The molecule has 0 fully saturated rings. The predicted octanol–water partition coefficient (Wildman–Crippen LogP) is 11.4. The van der Waals surface area contributed by atoms with Crippen LogP contribution in [0.2, 0.25) is 0 Å². The van der Waals surface area contributed by atoms with Crippen LogP contribution in [0.1, 0.15) is 0 Å². The molecule has 7 aromatic carbocycles. The van der Waals surface area contributed by atoms with Gasteiger partial charge in [0.2, 0.25) is 0 Å². The highest BCUT2D eigenvalue weighted by Crippen LogP contribution is 2.44. The van der Waals surface area contributed by atoms with Crippen LogP contribution in [0, 0.1) is 0 Å². The first-order valence-electron chi connectivity index (χ1n) is 16.0. The zero-order valence-electron chi connectivity index (χ0n) is 25.9. The first-order valence-corrected chi connectivity index (χ1v) is 16.0. The molecular formula is C43H28N4O. The minimum Gasteiger partial charge on any atom is -0.455 e. The van der Waals surface area contributed by atoms with E-state index in [1.165, 1.54) is 0 Å². The molecule has 0 amide bonds. The van der Waals surface area contributed by atoms with Crippen molar-refractivity contribution in [2.75, 3.05) is 4.90 Å². The van der Waals surface area contributed by atoms with Gasteiger partial charge in [0, 0.05) is 49.6 Å². The van der Waals surface area contributed by atoms with Gasteiger partial charge in [-0.1, -0.05) is 121 Å². The lowest BCUT2D eigenvalue weighted by molar-refractivity contribution is 0.672. The van der Waals surface area contributed by atoms with Crippen LogP contribution in [-0.2, 0) is 0 Å². The number of benzene rings is 7. The molecule has 0 saturated carbocycles. The molecule has 9 rings (SSSR count). The number of hydrogen-bond acceptors (Lipinski definition) is 5. The normalized spacial score (nSPS) is 11.3. The maximum absolute atomic E-state index is 6.62. The molecule has 226 valence electrons. The minimum atomic E-state index is 0.607. The molecule has 0 bridgehead atoms. The van der Waals surface area contributed by atoms with Crippen LogP contribution in [0.3, 0.4) is 0 Å². The quantitative estimate of drug-likeness (QED) is 0.186. The van der Waals surface area contributed by atoms with E-state index in [1.807, 2.05) is 84.9 Å². The van der Waals surface area contributed by atoms with Crippen LogP contribution >= 0.6 is 0 Å². The molecule has 0 radical (unpaired) electrons. The Morgan fingerprint density at radius 3 is 1.42 bits per heavy atom. The summed E-state index contributed by atoms with van der Waals surface area (Å²) in [7, 11) is 0. The summed E-state index contributed by atoms with van der Waals surface area (Å²) in [6.45, 7) is 0. The zero-order chi connectivity index (χ0) is 31.9. The average molecular weight is 617 g/mol. The summed E-state index contributed by atoms with van der Waals surface area (Å²) in [5.41, 5.74) is 7.65. The van der Waals surface area contributed by atoms with E-state index in [0.29, 0.717) is 17.5 Å². The van der Waals surface area contributed by atoms with Crippen molar-refractivity contribution in [2.24, 2.45) is 0 Å². The van der Waals surface area contributed by atoms with Crippen molar-refractivity contribution in [3.63, 3.8) is 0 Å². The van der Waals surface area contributed by atoms with Crippen LogP contribution in [-0.4, -0.2) is 15.0 Å². The van der Waals surface area contributed by atoms with Crippen LogP contribution in [0.15, 0.2) is 174 Å². The Bertz CT molecular complexity index is 2450. The van der Waals surface area contributed by atoms with Gasteiger partial charge in [-0.2, -0.15) is 0 Å².